The normalized spacial score (nSPS) is 10.8. The van der Waals surface area contributed by atoms with Crippen LogP contribution in [0.5, 0.6) is 0 Å². The molecule has 0 fully saturated rings. The van der Waals surface area contributed by atoms with Crippen LogP contribution in [-0.2, 0) is 0 Å². The number of imidazole rings is 1. The van der Waals surface area contributed by atoms with Gasteiger partial charge in [0.05, 0.1) is 6.33 Å². The Bertz CT molecular complexity index is 785. The maximum Gasteiger partial charge on any atom is 0.226 e. The van der Waals surface area contributed by atoms with Crippen molar-refractivity contribution in [1.29, 1.82) is 0 Å². The van der Waals surface area contributed by atoms with Crippen LogP contribution in [0.15, 0.2) is 24.5 Å². The minimum Gasteiger partial charge on any atom is -0.354 e. The average Bonchev–Trinajstić information content (AvgIpc) is 2.92. The predicted molar refractivity (Wildman–Crippen MR) is 75.5 cm³/mol. The average molecular weight is 290 g/mol. The summed E-state index contributed by atoms with van der Waals surface area (Å²) in [6.45, 7) is 2.57. The summed E-state index contributed by atoms with van der Waals surface area (Å²) in [5.41, 5.74) is 1.44. The third-order valence-electron chi connectivity index (χ3n) is 2.80. The molecular weight excluding hydrogens is 278 g/mol. The van der Waals surface area contributed by atoms with Gasteiger partial charge in [-0.15, -0.1) is 0 Å². The third-order valence-corrected chi connectivity index (χ3v) is 2.80. The van der Waals surface area contributed by atoms with Gasteiger partial charge in [-0.2, -0.15) is 9.97 Å². The van der Waals surface area contributed by atoms with Crippen LogP contribution < -0.4 is 10.6 Å². The molecule has 2 aromatic heterocycles. The molecule has 0 saturated heterocycles. The van der Waals surface area contributed by atoms with E-state index in [9.17, 15) is 8.78 Å². The molecule has 0 amide bonds. The maximum atomic E-state index is 13.3. The van der Waals surface area contributed by atoms with Gasteiger partial charge in [-0.3, -0.25) is 0 Å². The van der Waals surface area contributed by atoms with Crippen LogP contribution in [0.2, 0.25) is 0 Å². The molecular formula is C13H12F2N6. The summed E-state index contributed by atoms with van der Waals surface area (Å²) in [6, 6.07) is 3.54. The molecule has 0 saturated carbocycles. The molecule has 0 spiro atoms. The lowest BCUT2D eigenvalue weighted by atomic mass is 10.3. The fourth-order valence-corrected chi connectivity index (χ4v) is 1.87. The van der Waals surface area contributed by atoms with Crippen LogP contribution >= 0.6 is 0 Å². The second-order valence-electron chi connectivity index (χ2n) is 4.28. The van der Waals surface area contributed by atoms with E-state index in [1.807, 2.05) is 6.92 Å². The minimum atomic E-state index is -0.929. The molecule has 3 aromatic rings. The number of hydrogen-bond acceptors (Lipinski definition) is 5. The quantitative estimate of drug-likeness (QED) is 0.688. The number of rotatable bonds is 4. The van der Waals surface area contributed by atoms with Gasteiger partial charge in [0.1, 0.15) is 5.52 Å². The van der Waals surface area contributed by atoms with Crippen molar-refractivity contribution in [1.82, 2.24) is 19.9 Å². The van der Waals surface area contributed by atoms with Crippen LogP contribution in [0.25, 0.3) is 11.2 Å². The van der Waals surface area contributed by atoms with E-state index in [2.05, 4.69) is 30.6 Å². The highest BCUT2D eigenvalue weighted by Gasteiger charge is 2.11. The first-order chi connectivity index (χ1) is 10.2. The number of H-pyrrole nitrogens is 1. The van der Waals surface area contributed by atoms with Crippen molar-refractivity contribution in [3.05, 3.63) is 36.2 Å². The maximum absolute atomic E-state index is 13.3. The Morgan fingerprint density at radius 2 is 2.05 bits per heavy atom. The SMILES string of the molecule is CCNc1nc(Nc2ccc(F)c(F)c2)c2[nH]cnc2n1. The molecule has 8 heteroatoms. The van der Waals surface area contributed by atoms with Gasteiger partial charge in [-0.1, -0.05) is 0 Å². The number of fused-ring (bicyclic) bond motifs is 1. The van der Waals surface area contributed by atoms with Gasteiger partial charge >= 0.3 is 0 Å². The Morgan fingerprint density at radius 1 is 1.19 bits per heavy atom. The molecule has 2 heterocycles. The Hall–Kier alpha value is -2.77. The Balaban J connectivity index is 2.01. The number of nitrogens with zero attached hydrogens (tertiary/aromatic N) is 3. The van der Waals surface area contributed by atoms with Crippen LogP contribution in [0.4, 0.5) is 26.2 Å². The molecule has 0 aliphatic heterocycles. The number of benzene rings is 1. The minimum absolute atomic E-state index is 0.381. The van der Waals surface area contributed by atoms with Crippen molar-refractivity contribution in [3.63, 3.8) is 0 Å². The molecule has 1 aromatic carbocycles. The second-order valence-corrected chi connectivity index (χ2v) is 4.28. The van der Waals surface area contributed by atoms with Gasteiger partial charge < -0.3 is 15.6 Å². The lowest BCUT2D eigenvalue weighted by Gasteiger charge is -2.09. The molecule has 6 nitrogen and oxygen atoms in total. The standard InChI is InChI=1S/C13H12F2N6/c1-2-16-13-20-11-10(17-6-18-11)12(21-13)19-7-3-4-8(14)9(15)5-7/h3-6H,2H2,1H3,(H3,16,17,18,19,20,21). The smallest absolute Gasteiger partial charge is 0.226 e. The molecule has 0 aliphatic carbocycles. The van der Waals surface area contributed by atoms with E-state index in [-0.39, 0.29) is 0 Å². The first-order valence-electron chi connectivity index (χ1n) is 6.34. The van der Waals surface area contributed by atoms with Crippen molar-refractivity contribution in [2.75, 3.05) is 17.2 Å². The fourth-order valence-electron chi connectivity index (χ4n) is 1.87. The van der Waals surface area contributed by atoms with Crippen LogP contribution in [0.1, 0.15) is 6.92 Å². The van der Waals surface area contributed by atoms with E-state index < -0.39 is 11.6 Å². The van der Waals surface area contributed by atoms with Crippen molar-refractivity contribution >= 4 is 28.6 Å². The van der Waals surface area contributed by atoms with E-state index in [0.717, 1.165) is 12.1 Å². The van der Waals surface area contributed by atoms with Gasteiger partial charge in [-0.05, 0) is 19.1 Å². The van der Waals surface area contributed by atoms with E-state index in [1.165, 1.54) is 12.4 Å². The molecule has 3 rings (SSSR count). The van der Waals surface area contributed by atoms with Crippen LogP contribution in [0.3, 0.4) is 0 Å². The molecule has 0 aliphatic rings. The number of halogens is 2. The molecule has 0 atom stereocenters. The van der Waals surface area contributed by atoms with E-state index in [0.29, 0.717) is 35.2 Å². The van der Waals surface area contributed by atoms with Crippen LogP contribution in [0, 0.1) is 11.6 Å². The van der Waals surface area contributed by atoms with Crippen molar-refractivity contribution in [3.8, 4) is 0 Å². The third kappa shape index (κ3) is 2.60. The van der Waals surface area contributed by atoms with Gasteiger partial charge in [0, 0.05) is 18.3 Å². The highest BCUT2D eigenvalue weighted by molar-refractivity contribution is 5.86. The molecule has 0 unspecified atom stereocenters. The van der Waals surface area contributed by atoms with E-state index >= 15 is 0 Å². The van der Waals surface area contributed by atoms with Gasteiger partial charge in [0.25, 0.3) is 0 Å². The Kier molecular flexibility index (Phi) is 3.35. The summed E-state index contributed by atoms with van der Waals surface area (Å²) >= 11 is 0. The topological polar surface area (TPSA) is 78.5 Å². The highest BCUT2D eigenvalue weighted by atomic mass is 19.2. The lowest BCUT2D eigenvalue weighted by molar-refractivity contribution is 0.509. The van der Waals surface area contributed by atoms with Gasteiger partial charge in [0.15, 0.2) is 23.1 Å². The molecule has 0 bridgehead atoms. The lowest BCUT2D eigenvalue weighted by Crippen LogP contribution is -2.05. The summed E-state index contributed by atoms with van der Waals surface area (Å²) in [5.74, 6) is -0.994. The van der Waals surface area contributed by atoms with Crippen molar-refractivity contribution < 1.29 is 8.78 Å². The zero-order valence-electron chi connectivity index (χ0n) is 11.1. The second kappa shape index (κ2) is 5.31. The van der Waals surface area contributed by atoms with Gasteiger partial charge in [-0.25, -0.2) is 13.8 Å². The number of aromatic nitrogens is 4. The molecule has 0 radical (unpaired) electrons. The molecule has 21 heavy (non-hydrogen) atoms. The fraction of sp³-hybridized carbons (Fsp3) is 0.154. The first kappa shape index (κ1) is 13.2. The van der Waals surface area contributed by atoms with Crippen molar-refractivity contribution in [2.45, 2.75) is 6.92 Å². The number of hydrogen-bond donors (Lipinski definition) is 3. The number of nitrogens with one attached hydrogen (secondary N) is 3. The predicted octanol–water partition coefficient (Wildman–Crippen LogP) is 2.81. The number of aromatic amines is 1. The molecule has 3 N–H and O–H groups in total. The van der Waals surface area contributed by atoms with Crippen molar-refractivity contribution in [2.24, 2.45) is 0 Å². The first-order valence-corrected chi connectivity index (χ1v) is 6.34. The van der Waals surface area contributed by atoms with E-state index in [4.69, 9.17) is 0 Å². The summed E-state index contributed by atoms with van der Waals surface area (Å²) < 4.78 is 26.2. The summed E-state index contributed by atoms with van der Waals surface area (Å²) in [6.07, 6.45) is 1.49. The largest absolute Gasteiger partial charge is 0.354 e. The van der Waals surface area contributed by atoms with Crippen LogP contribution in [-0.4, -0.2) is 26.5 Å². The summed E-state index contributed by atoms with van der Waals surface area (Å²) in [5, 5.41) is 5.92. The van der Waals surface area contributed by atoms with E-state index in [1.54, 1.807) is 0 Å². The van der Waals surface area contributed by atoms with Gasteiger partial charge in [0.2, 0.25) is 5.95 Å². The monoisotopic (exact) mass is 290 g/mol. The zero-order chi connectivity index (χ0) is 14.8. The molecule has 108 valence electrons. The number of anilines is 3. The highest BCUT2D eigenvalue weighted by Crippen LogP contribution is 2.23. The Morgan fingerprint density at radius 3 is 2.81 bits per heavy atom. The zero-order valence-corrected chi connectivity index (χ0v) is 11.1. The Labute approximate surface area is 118 Å². The summed E-state index contributed by atoms with van der Waals surface area (Å²) in [4.78, 5) is 15.5. The summed E-state index contributed by atoms with van der Waals surface area (Å²) in [7, 11) is 0.